The van der Waals surface area contributed by atoms with Crippen LogP contribution in [-0.4, -0.2) is 4.98 Å². The van der Waals surface area contributed by atoms with Gasteiger partial charge >= 0.3 is 0 Å². The zero-order chi connectivity index (χ0) is 13.3. The van der Waals surface area contributed by atoms with Crippen LogP contribution in [0.2, 0.25) is 0 Å². The van der Waals surface area contributed by atoms with Gasteiger partial charge in [-0.1, -0.05) is 11.3 Å². The van der Waals surface area contributed by atoms with Crippen molar-refractivity contribution in [1.82, 2.24) is 4.98 Å². The summed E-state index contributed by atoms with van der Waals surface area (Å²) in [5.74, 6) is 0. The Balaban J connectivity index is 2.31. The van der Waals surface area contributed by atoms with E-state index in [1.54, 1.807) is 6.07 Å². The molecule has 0 radical (unpaired) electrons. The Labute approximate surface area is 110 Å². The Morgan fingerprint density at radius 1 is 1.06 bits per heavy atom. The number of aryl methyl sites for hydroxylation is 3. The number of rotatable bonds is 2. The predicted octanol–water partition coefficient (Wildman–Crippen LogP) is 3.65. The van der Waals surface area contributed by atoms with Crippen LogP contribution < -0.4 is 11.5 Å². The Hall–Kier alpha value is -1.95. The number of nitrogens with two attached hydrogens (primary N) is 2. The highest BCUT2D eigenvalue weighted by atomic mass is 32.1. The molecule has 0 saturated heterocycles. The van der Waals surface area contributed by atoms with E-state index in [0.717, 1.165) is 16.1 Å². The van der Waals surface area contributed by atoms with Gasteiger partial charge in [-0.05, 0) is 38.5 Å². The van der Waals surface area contributed by atoms with Crippen LogP contribution in [0.5, 0.6) is 0 Å². The summed E-state index contributed by atoms with van der Waals surface area (Å²) < 4.78 is 0. The van der Waals surface area contributed by atoms with Gasteiger partial charge < -0.3 is 11.5 Å². The van der Waals surface area contributed by atoms with E-state index >= 15 is 0 Å². The number of hydrogen-bond acceptors (Lipinski definition) is 6. The van der Waals surface area contributed by atoms with Gasteiger partial charge in [-0.2, -0.15) is 0 Å². The molecule has 5 nitrogen and oxygen atoms in total. The van der Waals surface area contributed by atoms with Crippen molar-refractivity contribution in [2.24, 2.45) is 10.2 Å². The molecule has 0 spiro atoms. The maximum atomic E-state index is 5.84. The minimum atomic E-state index is 0.520. The maximum Gasteiger partial charge on any atom is 0.230 e. The fraction of sp³-hybridized carbons (Fsp3) is 0.250. The van der Waals surface area contributed by atoms with Crippen LogP contribution in [0.4, 0.5) is 22.2 Å². The third-order valence-electron chi connectivity index (χ3n) is 2.68. The van der Waals surface area contributed by atoms with Crippen LogP contribution in [0.3, 0.4) is 0 Å². The normalized spacial score (nSPS) is 11.3. The summed E-state index contributed by atoms with van der Waals surface area (Å²) in [7, 11) is 0. The van der Waals surface area contributed by atoms with Crippen molar-refractivity contribution in [3.05, 3.63) is 28.3 Å². The molecule has 0 bridgehead atoms. The number of thiazole rings is 1. The molecule has 2 rings (SSSR count). The van der Waals surface area contributed by atoms with Crippen molar-refractivity contribution in [2.75, 3.05) is 11.5 Å². The average molecular weight is 261 g/mol. The summed E-state index contributed by atoms with van der Waals surface area (Å²) in [6, 6.07) is 3.52. The van der Waals surface area contributed by atoms with Crippen LogP contribution in [0, 0.1) is 20.8 Å². The maximum absolute atomic E-state index is 5.84. The number of benzene rings is 1. The predicted molar refractivity (Wildman–Crippen MR) is 75.8 cm³/mol. The lowest BCUT2D eigenvalue weighted by Gasteiger charge is -2.03. The second-order valence-corrected chi connectivity index (χ2v) is 5.29. The minimum Gasteiger partial charge on any atom is -0.398 e. The van der Waals surface area contributed by atoms with Gasteiger partial charge in [0.1, 0.15) is 5.69 Å². The monoisotopic (exact) mass is 261 g/mol. The number of hydrogen-bond donors (Lipinski definition) is 2. The van der Waals surface area contributed by atoms with E-state index in [9.17, 15) is 0 Å². The third kappa shape index (κ3) is 2.48. The standard InChI is InChI=1S/C12H15N5S/c1-6-4-11(10(14)5-9(6)13)16-17-12-15-7(2)8(3)18-12/h4-5H,13-14H2,1-3H3. The molecule has 0 aliphatic carbocycles. The number of aromatic nitrogens is 1. The first-order chi connectivity index (χ1) is 8.47. The summed E-state index contributed by atoms with van der Waals surface area (Å²) in [5, 5.41) is 8.86. The lowest BCUT2D eigenvalue weighted by atomic mass is 10.1. The van der Waals surface area contributed by atoms with E-state index < -0.39 is 0 Å². The highest BCUT2D eigenvalue weighted by Crippen LogP contribution is 2.30. The van der Waals surface area contributed by atoms with Gasteiger partial charge in [0, 0.05) is 10.6 Å². The largest absolute Gasteiger partial charge is 0.398 e. The SMILES string of the molecule is Cc1cc(N=Nc2nc(C)c(C)s2)c(N)cc1N. The van der Waals surface area contributed by atoms with Crippen molar-refractivity contribution in [3.8, 4) is 0 Å². The summed E-state index contributed by atoms with van der Waals surface area (Å²) in [5.41, 5.74) is 15.3. The molecule has 0 atom stereocenters. The van der Waals surface area contributed by atoms with Gasteiger partial charge in [0.05, 0.1) is 11.4 Å². The van der Waals surface area contributed by atoms with Crippen LogP contribution >= 0.6 is 11.3 Å². The molecule has 0 aliphatic heterocycles. The van der Waals surface area contributed by atoms with E-state index in [2.05, 4.69) is 15.2 Å². The first kappa shape index (κ1) is 12.5. The molecular weight excluding hydrogens is 246 g/mol. The van der Waals surface area contributed by atoms with E-state index in [0.29, 0.717) is 22.2 Å². The van der Waals surface area contributed by atoms with E-state index in [1.807, 2.05) is 26.8 Å². The van der Waals surface area contributed by atoms with E-state index in [4.69, 9.17) is 11.5 Å². The summed E-state index contributed by atoms with van der Waals surface area (Å²) in [4.78, 5) is 5.43. The van der Waals surface area contributed by atoms with Gasteiger partial charge in [0.2, 0.25) is 5.13 Å². The van der Waals surface area contributed by atoms with Gasteiger partial charge in [-0.3, -0.25) is 0 Å². The average Bonchev–Trinajstić information content (AvgIpc) is 2.62. The fourth-order valence-electron chi connectivity index (χ4n) is 1.41. The zero-order valence-electron chi connectivity index (χ0n) is 10.6. The Bertz CT molecular complexity index is 596. The van der Waals surface area contributed by atoms with Crippen LogP contribution in [0.25, 0.3) is 0 Å². The number of azo groups is 1. The molecule has 0 saturated carbocycles. The fourth-order valence-corrected chi connectivity index (χ4v) is 2.14. The molecule has 94 valence electrons. The van der Waals surface area contributed by atoms with Crippen LogP contribution in [-0.2, 0) is 0 Å². The molecule has 1 heterocycles. The van der Waals surface area contributed by atoms with Gasteiger partial charge in [-0.15, -0.1) is 10.2 Å². The highest BCUT2D eigenvalue weighted by Gasteiger charge is 2.04. The lowest BCUT2D eigenvalue weighted by Crippen LogP contribution is -1.93. The van der Waals surface area contributed by atoms with Gasteiger partial charge in [0.25, 0.3) is 0 Å². The smallest absolute Gasteiger partial charge is 0.230 e. The Morgan fingerprint density at radius 3 is 2.39 bits per heavy atom. The highest BCUT2D eigenvalue weighted by molar-refractivity contribution is 7.15. The molecule has 1 aromatic heterocycles. The molecule has 18 heavy (non-hydrogen) atoms. The number of nitrogens with zero attached hydrogens (tertiary/aromatic N) is 3. The Morgan fingerprint density at radius 2 is 1.78 bits per heavy atom. The minimum absolute atomic E-state index is 0.520. The topological polar surface area (TPSA) is 89.6 Å². The lowest BCUT2D eigenvalue weighted by molar-refractivity contribution is 1.15. The molecular formula is C12H15N5S. The first-order valence-electron chi connectivity index (χ1n) is 5.48. The van der Waals surface area contributed by atoms with Crippen molar-refractivity contribution in [3.63, 3.8) is 0 Å². The Kier molecular flexibility index (Phi) is 3.29. The third-order valence-corrected chi connectivity index (χ3v) is 3.63. The van der Waals surface area contributed by atoms with Crippen LogP contribution in [0.15, 0.2) is 22.4 Å². The van der Waals surface area contributed by atoms with Crippen molar-refractivity contribution in [1.29, 1.82) is 0 Å². The van der Waals surface area contributed by atoms with Crippen molar-refractivity contribution < 1.29 is 0 Å². The second-order valence-electron chi connectivity index (χ2n) is 4.11. The summed E-state index contributed by atoms with van der Waals surface area (Å²) in [6.45, 7) is 5.87. The summed E-state index contributed by atoms with van der Waals surface area (Å²) in [6.07, 6.45) is 0. The van der Waals surface area contributed by atoms with E-state index in [-0.39, 0.29) is 0 Å². The molecule has 6 heteroatoms. The quantitative estimate of drug-likeness (QED) is 0.638. The first-order valence-corrected chi connectivity index (χ1v) is 6.30. The van der Waals surface area contributed by atoms with Gasteiger partial charge in [-0.25, -0.2) is 4.98 Å². The second kappa shape index (κ2) is 4.73. The van der Waals surface area contributed by atoms with Crippen molar-refractivity contribution >= 4 is 33.5 Å². The molecule has 2 aromatic rings. The molecule has 0 fully saturated rings. The van der Waals surface area contributed by atoms with E-state index in [1.165, 1.54) is 11.3 Å². The van der Waals surface area contributed by atoms with Crippen LogP contribution in [0.1, 0.15) is 16.1 Å². The number of anilines is 2. The van der Waals surface area contributed by atoms with Gasteiger partial charge in [0.15, 0.2) is 0 Å². The molecule has 0 amide bonds. The molecule has 1 aromatic carbocycles. The number of nitrogen functional groups attached to an aromatic ring is 2. The van der Waals surface area contributed by atoms with Crippen molar-refractivity contribution in [2.45, 2.75) is 20.8 Å². The zero-order valence-corrected chi connectivity index (χ0v) is 11.4. The molecule has 0 aliphatic rings. The molecule has 0 unspecified atom stereocenters. The summed E-state index contributed by atoms with van der Waals surface area (Å²) >= 11 is 1.51. The molecule has 4 N–H and O–H groups in total.